The van der Waals surface area contributed by atoms with Crippen molar-refractivity contribution in [2.24, 2.45) is 5.92 Å². The Balaban J connectivity index is 1.86. The minimum Gasteiger partial charge on any atom is -0.216 e. The summed E-state index contributed by atoms with van der Waals surface area (Å²) in [7, 11) is 0. The average Bonchev–Trinajstić information content (AvgIpc) is 2.47. The third-order valence-corrected chi connectivity index (χ3v) is 4.40. The van der Waals surface area contributed by atoms with Crippen molar-refractivity contribution in [2.75, 3.05) is 0 Å². The standard InChI is InChI=1S/C18H25F/c1-2-4-15-6-10-17(11-7-15)18-12-8-16(9-13-18)5-3-14-19/h3,6-7,10-11,14,16,18H,2,4-5,8-9,12-13H2,1H3. The highest BCUT2D eigenvalue weighted by atomic mass is 19.1. The molecule has 0 unspecified atom stereocenters. The molecule has 0 amide bonds. The fraction of sp³-hybridized carbons (Fsp3) is 0.556. The van der Waals surface area contributed by atoms with Gasteiger partial charge >= 0.3 is 0 Å². The second kappa shape index (κ2) is 7.47. The lowest BCUT2D eigenvalue weighted by atomic mass is 9.77. The normalized spacial score (nSPS) is 23.9. The topological polar surface area (TPSA) is 0 Å². The Labute approximate surface area is 116 Å². The van der Waals surface area contributed by atoms with Crippen LogP contribution in [0.5, 0.6) is 0 Å². The van der Waals surface area contributed by atoms with Crippen molar-refractivity contribution in [3.63, 3.8) is 0 Å². The second-order valence-electron chi connectivity index (χ2n) is 5.81. The van der Waals surface area contributed by atoms with E-state index in [4.69, 9.17) is 0 Å². The van der Waals surface area contributed by atoms with Crippen LogP contribution in [-0.2, 0) is 6.42 Å². The zero-order chi connectivity index (χ0) is 13.5. The van der Waals surface area contributed by atoms with Gasteiger partial charge < -0.3 is 0 Å². The number of hydrogen-bond acceptors (Lipinski definition) is 0. The fourth-order valence-corrected chi connectivity index (χ4v) is 3.22. The van der Waals surface area contributed by atoms with E-state index in [-0.39, 0.29) is 0 Å². The lowest BCUT2D eigenvalue weighted by Gasteiger charge is -2.28. The third-order valence-electron chi connectivity index (χ3n) is 4.40. The van der Waals surface area contributed by atoms with E-state index in [1.807, 2.05) is 0 Å². The van der Waals surface area contributed by atoms with Gasteiger partial charge in [0.1, 0.15) is 0 Å². The zero-order valence-electron chi connectivity index (χ0n) is 11.9. The van der Waals surface area contributed by atoms with E-state index in [0.717, 1.165) is 12.3 Å². The van der Waals surface area contributed by atoms with Gasteiger partial charge in [-0.1, -0.05) is 43.7 Å². The lowest BCUT2D eigenvalue weighted by molar-refractivity contribution is 0.327. The van der Waals surface area contributed by atoms with Crippen molar-refractivity contribution in [1.29, 1.82) is 0 Å². The fourth-order valence-electron chi connectivity index (χ4n) is 3.22. The number of aryl methyl sites for hydroxylation is 1. The molecule has 1 aliphatic carbocycles. The molecule has 0 atom stereocenters. The van der Waals surface area contributed by atoms with E-state index in [2.05, 4.69) is 31.2 Å². The molecule has 1 aliphatic rings. The first-order valence-corrected chi connectivity index (χ1v) is 7.67. The highest BCUT2D eigenvalue weighted by Gasteiger charge is 2.21. The molecule has 0 nitrogen and oxygen atoms in total. The third kappa shape index (κ3) is 4.19. The summed E-state index contributed by atoms with van der Waals surface area (Å²) in [5.74, 6) is 1.42. The molecule has 19 heavy (non-hydrogen) atoms. The van der Waals surface area contributed by atoms with Crippen LogP contribution in [-0.4, -0.2) is 0 Å². The van der Waals surface area contributed by atoms with Crippen LogP contribution >= 0.6 is 0 Å². The van der Waals surface area contributed by atoms with E-state index in [1.165, 1.54) is 49.7 Å². The molecule has 0 N–H and O–H groups in total. The van der Waals surface area contributed by atoms with Crippen LogP contribution in [0.25, 0.3) is 0 Å². The Morgan fingerprint density at radius 1 is 1.11 bits per heavy atom. The van der Waals surface area contributed by atoms with Crippen molar-refractivity contribution >= 4 is 0 Å². The van der Waals surface area contributed by atoms with E-state index in [1.54, 1.807) is 6.08 Å². The summed E-state index contributed by atoms with van der Waals surface area (Å²) >= 11 is 0. The monoisotopic (exact) mass is 260 g/mol. The summed E-state index contributed by atoms with van der Waals surface area (Å²) in [5.41, 5.74) is 2.95. The Hall–Kier alpha value is -1.11. The van der Waals surface area contributed by atoms with Gasteiger partial charge in [-0.25, -0.2) is 4.39 Å². The van der Waals surface area contributed by atoms with E-state index in [0.29, 0.717) is 12.2 Å². The molecule has 0 spiro atoms. The van der Waals surface area contributed by atoms with Gasteiger partial charge in [-0.15, -0.1) is 0 Å². The molecule has 1 aromatic rings. The van der Waals surface area contributed by atoms with E-state index in [9.17, 15) is 4.39 Å². The van der Waals surface area contributed by atoms with E-state index >= 15 is 0 Å². The Bertz CT molecular complexity index is 383. The Kier molecular flexibility index (Phi) is 5.62. The van der Waals surface area contributed by atoms with Crippen LogP contribution < -0.4 is 0 Å². The van der Waals surface area contributed by atoms with Crippen molar-refractivity contribution in [1.82, 2.24) is 0 Å². The molecule has 2 rings (SSSR count). The summed E-state index contributed by atoms with van der Waals surface area (Å²) in [6.45, 7) is 2.22. The van der Waals surface area contributed by atoms with Gasteiger partial charge in [0.2, 0.25) is 0 Å². The maximum atomic E-state index is 12.0. The number of allylic oxidation sites excluding steroid dienone is 1. The maximum Gasteiger partial charge on any atom is 0.0827 e. The number of benzene rings is 1. The van der Waals surface area contributed by atoms with Gasteiger partial charge in [-0.2, -0.15) is 0 Å². The SMILES string of the molecule is CCCc1ccc(C2CCC(CC=CF)CC2)cc1. The summed E-state index contributed by atoms with van der Waals surface area (Å²) in [5, 5.41) is 0. The first-order valence-electron chi connectivity index (χ1n) is 7.67. The highest BCUT2D eigenvalue weighted by Crippen LogP contribution is 2.37. The van der Waals surface area contributed by atoms with Gasteiger partial charge in [0.25, 0.3) is 0 Å². The molecule has 104 valence electrons. The predicted molar refractivity (Wildman–Crippen MR) is 80.0 cm³/mol. The van der Waals surface area contributed by atoms with Crippen LogP contribution in [0.3, 0.4) is 0 Å². The molecule has 0 radical (unpaired) electrons. The highest BCUT2D eigenvalue weighted by molar-refractivity contribution is 5.25. The van der Waals surface area contributed by atoms with Crippen LogP contribution in [0.4, 0.5) is 4.39 Å². The Morgan fingerprint density at radius 2 is 1.79 bits per heavy atom. The van der Waals surface area contributed by atoms with Crippen LogP contribution in [0.1, 0.15) is 62.5 Å². The smallest absolute Gasteiger partial charge is 0.0827 e. The molecule has 0 saturated heterocycles. The van der Waals surface area contributed by atoms with Crippen LogP contribution in [0.2, 0.25) is 0 Å². The molecule has 1 saturated carbocycles. The van der Waals surface area contributed by atoms with Crippen molar-refractivity contribution in [3.8, 4) is 0 Å². The van der Waals surface area contributed by atoms with Crippen LogP contribution in [0.15, 0.2) is 36.7 Å². The zero-order valence-corrected chi connectivity index (χ0v) is 11.9. The second-order valence-corrected chi connectivity index (χ2v) is 5.81. The summed E-state index contributed by atoms with van der Waals surface area (Å²) in [4.78, 5) is 0. The first-order chi connectivity index (χ1) is 9.33. The summed E-state index contributed by atoms with van der Waals surface area (Å²) in [6.07, 6.45) is 10.7. The molecule has 0 aromatic heterocycles. The first kappa shape index (κ1) is 14.3. The molecule has 1 heteroatoms. The van der Waals surface area contributed by atoms with Crippen molar-refractivity contribution in [3.05, 3.63) is 47.8 Å². The van der Waals surface area contributed by atoms with Gasteiger partial charge in [0, 0.05) is 0 Å². The van der Waals surface area contributed by atoms with Crippen molar-refractivity contribution < 1.29 is 4.39 Å². The molecule has 0 aliphatic heterocycles. The molecular formula is C18H25F. The largest absolute Gasteiger partial charge is 0.216 e. The van der Waals surface area contributed by atoms with Gasteiger partial charge in [-0.3, -0.25) is 0 Å². The van der Waals surface area contributed by atoms with Crippen LogP contribution in [0, 0.1) is 5.92 Å². The summed E-state index contributed by atoms with van der Waals surface area (Å²) in [6, 6.07) is 9.21. The molecule has 0 bridgehead atoms. The predicted octanol–water partition coefficient (Wildman–Crippen LogP) is 5.79. The summed E-state index contributed by atoms with van der Waals surface area (Å²) < 4.78 is 12.0. The molecule has 0 heterocycles. The van der Waals surface area contributed by atoms with Gasteiger partial charge in [0.05, 0.1) is 6.33 Å². The quantitative estimate of drug-likeness (QED) is 0.629. The average molecular weight is 260 g/mol. The van der Waals surface area contributed by atoms with Gasteiger partial charge in [0.15, 0.2) is 0 Å². The Morgan fingerprint density at radius 3 is 2.37 bits per heavy atom. The molecule has 1 fully saturated rings. The lowest BCUT2D eigenvalue weighted by Crippen LogP contribution is -2.12. The minimum atomic E-state index is 0.693. The number of hydrogen-bond donors (Lipinski definition) is 0. The minimum absolute atomic E-state index is 0.693. The number of rotatable bonds is 5. The number of halogens is 1. The van der Waals surface area contributed by atoms with Crippen molar-refractivity contribution in [2.45, 2.75) is 57.8 Å². The molecular weight excluding hydrogens is 235 g/mol. The van der Waals surface area contributed by atoms with Gasteiger partial charge in [-0.05, 0) is 61.5 Å². The van der Waals surface area contributed by atoms with E-state index < -0.39 is 0 Å². The molecule has 1 aromatic carbocycles. The maximum absolute atomic E-state index is 12.0.